The van der Waals surface area contributed by atoms with Crippen LogP contribution in [0.1, 0.15) is 12.5 Å². The monoisotopic (exact) mass is 262 g/mol. The zero-order chi connectivity index (χ0) is 13.0. The second kappa shape index (κ2) is 5.69. The van der Waals surface area contributed by atoms with Crippen LogP contribution in [0.4, 0.5) is 11.5 Å². The van der Waals surface area contributed by atoms with Gasteiger partial charge in [0.15, 0.2) is 0 Å². The summed E-state index contributed by atoms with van der Waals surface area (Å²) in [7, 11) is 0. The molecule has 2 aromatic rings. The summed E-state index contributed by atoms with van der Waals surface area (Å²) in [6.45, 7) is 3.65. The Morgan fingerprint density at radius 1 is 1.28 bits per heavy atom. The summed E-state index contributed by atoms with van der Waals surface area (Å²) >= 11 is 5.93. The molecule has 2 rings (SSSR count). The predicted octanol–water partition coefficient (Wildman–Crippen LogP) is 2.74. The van der Waals surface area contributed by atoms with E-state index in [9.17, 15) is 0 Å². The number of hydrogen-bond donors (Lipinski definition) is 1. The highest BCUT2D eigenvalue weighted by atomic mass is 35.5. The highest BCUT2D eigenvalue weighted by Crippen LogP contribution is 2.20. The maximum Gasteiger partial charge on any atom is 0.133 e. The van der Waals surface area contributed by atoms with Gasteiger partial charge in [0.25, 0.3) is 0 Å². The molecule has 0 unspecified atom stereocenters. The third-order valence-corrected chi connectivity index (χ3v) is 2.83. The van der Waals surface area contributed by atoms with Gasteiger partial charge in [-0.1, -0.05) is 11.6 Å². The van der Waals surface area contributed by atoms with E-state index >= 15 is 0 Å². The van der Waals surface area contributed by atoms with Crippen LogP contribution in [0.2, 0.25) is 5.15 Å². The Balaban J connectivity index is 2.23. The van der Waals surface area contributed by atoms with Gasteiger partial charge in [0, 0.05) is 37.2 Å². The van der Waals surface area contributed by atoms with E-state index in [1.807, 2.05) is 18.2 Å². The Morgan fingerprint density at radius 2 is 2.00 bits per heavy atom. The number of nitrogens with zero attached hydrogens (tertiary/aromatic N) is 3. The minimum absolute atomic E-state index is 0.415. The number of halogens is 1. The molecule has 94 valence electrons. The summed E-state index contributed by atoms with van der Waals surface area (Å²) in [6, 6.07) is 7.44. The van der Waals surface area contributed by atoms with Crippen LogP contribution < -0.4 is 10.6 Å². The molecule has 0 bridgehead atoms. The second-order valence-electron chi connectivity index (χ2n) is 3.95. The maximum atomic E-state index is 5.93. The molecular weight excluding hydrogens is 248 g/mol. The molecule has 0 amide bonds. The van der Waals surface area contributed by atoms with E-state index in [1.165, 1.54) is 5.56 Å². The fourth-order valence-corrected chi connectivity index (χ4v) is 1.94. The molecule has 2 N–H and O–H groups in total. The Labute approximate surface area is 111 Å². The first kappa shape index (κ1) is 12.6. The smallest absolute Gasteiger partial charge is 0.133 e. The first-order chi connectivity index (χ1) is 8.69. The van der Waals surface area contributed by atoms with Gasteiger partial charge in [0.2, 0.25) is 0 Å². The van der Waals surface area contributed by atoms with Gasteiger partial charge in [-0.05, 0) is 30.7 Å². The number of aromatic nitrogens is 2. The van der Waals surface area contributed by atoms with Crippen LogP contribution >= 0.6 is 11.6 Å². The van der Waals surface area contributed by atoms with Crippen LogP contribution in [-0.4, -0.2) is 16.5 Å². The average Bonchev–Trinajstić information content (AvgIpc) is 2.36. The molecule has 2 heterocycles. The third kappa shape index (κ3) is 3.11. The largest absolute Gasteiger partial charge is 0.399 e. The van der Waals surface area contributed by atoms with Gasteiger partial charge in [-0.3, -0.25) is 4.98 Å². The number of anilines is 2. The van der Waals surface area contributed by atoms with E-state index in [0.29, 0.717) is 10.8 Å². The molecule has 0 aliphatic carbocycles. The molecule has 18 heavy (non-hydrogen) atoms. The Hall–Kier alpha value is -1.81. The van der Waals surface area contributed by atoms with Crippen LogP contribution in [-0.2, 0) is 6.54 Å². The minimum atomic E-state index is 0.415. The van der Waals surface area contributed by atoms with Crippen molar-refractivity contribution in [2.45, 2.75) is 13.5 Å². The van der Waals surface area contributed by atoms with E-state index < -0.39 is 0 Å². The van der Waals surface area contributed by atoms with Gasteiger partial charge in [-0.2, -0.15) is 0 Å². The highest BCUT2D eigenvalue weighted by Gasteiger charge is 2.08. The molecular formula is C13H15ClN4. The lowest BCUT2D eigenvalue weighted by Crippen LogP contribution is -2.23. The SMILES string of the molecule is CCN(Cc1ccncc1)c1cc(N)cc(Cl)n1. The van der Waals surface area contributed by atoms with E-state index in [-0.39, 0.29) is 0 Å². The molecule has 0 saturated heterocycles. The second-order valence-corrected chi connectivity index (χ2v) is 4.34. The van der Waals surface area contributed by atoms with Gasteiger partial charge in [0.1, 0.15) is 11.0 Å². The topological polar surface area (TPSA) is 55.0 Å². The maximum absolute atomic E-state index is 5.93. The third-order valence-electron chi connectivity index (χ3n) is 2.63. The van der Waals surface area contributed by atoms with Gasteiger partial charge < -0.3 is 10.6 Å². The van der Waals surface area contributed by atoms with Crippen molar-refractivity contribution in [3.05, 3.63) is 47.4 Å². The lowest BCUT2D eigenvalue weighted by Gasteiger charge is -2.22. The molecule has 0 radical (unpaired) electrons. The van der Waals surface area contributed by atoms with Crippen molar-refractivity contribution in [1.29, 1.82) is 0 Å². The quantitative estimate of drug-likeness (QED) is 0.861. The lowest BCUT2D eigenvalue weighted by atomic mass is 10.2. The van der Waals surface area contributed by atoms with Gasteiger partial charge in [0.05, 0.1) is 0 Å². The fraction of sp³-hybridized carbons (Fsp3) is 0.231. The van der Waals surface area contributed by atoms with Crippen LogP contribution in [0, 0.1) is 0 Å². The standard InChI is InChI=1S/C13H15ClN4/c1-2-18(9-10-3-5-16-6-4-10)13-8-11(15)7-12(14)17-13/h3-8H,2,9H2,1H3,(H2,15,17). The van der Waals surface area contributed by atoms with Crippen molar-refractivity contribution in [3.63, 3.8) is 0 Å². The lowest BCUT2D eigenvalue weighted by molar-refractivity contribution is 0.813. The molecule has 0 atom stereocenters. The van der Waals surface area contributed by atoms with Crippen LogP contribution in [0.5, 0.6) is 0 Å². The normalized spacial score (nSPS) is 10.3. The van der Waals surface area contributed by atoms with E-state index in [1.54, 1.807) is 18.5 Å². The molecule has 4 nitrogen and oxygen atoms in total. The van der Waals surface area contributed by atoms with Crippen molar-refractivity contribution in [3.8, 4) is 0 Å². The average molecular weight is 263 g/mol. The Kier molecular flexibility index (Phi) is 3.99. The Morgan fingerprint density at radius 3 is 2.61 bits per heavy atom. The fourth-order valence-electron chi connectivity index (χ4n) is 1.73. The first-order valence-corrected chi connectivity index (χ1v) is 6.13. The minimum Gasteiger partial charge on any atom is -0.399 e. The van der Waals surface area contributed by atoms with Crippen LogP contribution in [0.25, 0.3) is 0 Å². The molecule has 0 saturated carbocycles. The number of rotatable bonds is 4. The van der Waals surface area contributed by atoms with Gasteiger partial charge >= 0.3 is 0 Å². The number of pyridine rings is 2. The van der Waals surface area contributed by atoms with Crippen molar-refractivity contribution >= 4 is 23.1 Å². The van der Waals surface area contributed by atoms with Crippen molar-refractivity contribution in [2.75, 3.05) is 17.2 Å². The zero-order valence-corrected chi connectivity index (χ0v) is 10.9. The van der Waals surface area contributed by atoms with Gasteiger partial charge in [-0.25, -0.2) is 4.98 Å². The first-order valence-electron chi connectivity index (χ1n) is 5.76. The summed E-state index contributed by atoms with van der Waals surface area (Å²) in [5.74, 6) is 0.791. The molecule has 2 aromatic heterocycles. The summed E-state index contributed by atoms with van der Waals surface area (Å²) in [6.07, 6.45) is 3.56. The zero-order valence-electron chi connectivity index (χ0n) is 10.2. The summed E-state index contributed by atoms with van der Waals surface area (Å²) in [4.78, 5) is 10.4. The van der Waals surface area contributed by atoms with Crippen LogP contribution in [0.15, 0.2) is 36.7 Å². The molecule has 0 aliphatic rings. The van der Waals surface area contributed by atoms with Crippen LogP contribution in [0.3, 0.4) is 0 Å². The van der Waals surface area contributed by atoms with Crippen molar-refractivity contribution < 1.29 is 0 Å². The van der Waals surface area contributed by atoms with E-state index in [2.05, 4.69) is 21.8 Å². The summed E-state index contributed by atoms with van der Waals surface area (Å²) in [5, 5.41) is 0.415. The molecule has 0 spiro atoms. The Bertz CT molecular complexity index is 495. The number of nitrogens with two attached hydrogens (primary N) is 1. The predicted molar refractivity (Wildman–Crippen MR) is 74.6 cm³/mol. The van der Waals surface area contributed by atoms with E-state index in [4.69, 9.17) is 17.3 Å². The molecule has 0 aliphatic heterocycles. The highest BCUT2D eigenvalue weighted by molar-refractivity contribution is 6.29. The molecule has 5 heteroatoms. The molecule has 0 aromatic carbocycles. The van der Waals surface area contributed by atoms with Crippen molar-refractivity contribution in [2.24, 2.45) is 0 Å². The number of hydrogen-bond acceptors (Lipinski definition) is 4. The summed E-state index contributed by atoms with van der Waals surface area (Å²) in [5.41, 5.74) is 7.58. The number of nitrogen functional groups attached to an aromatic ring is 1. The molecule has 0 fully saturated rings. The van der Waals surface area contributed by atoms with E-state index in [0.717, 1.165) is 18.9 Å². The summed E-state index contributed by atoms with van der Waals surface area (Å²) < 4.78 is 0. The van der Waals surface area contributed by atoms with Crippen molar-refractivity contribution in [1.82, 2.24) is 9.97 Å². The van der Waals surface area contributed by atoms with Gasteiger partial charge in [-0.15, -0.1) is 0 Å².